The Balaban J connectivity index is 0.00000364. The summed E-state index contributed by atoms with van der Waals surface area (Å²) in [5.41, 5.74) is 6.57. The van der Waals surface area contributed by atoms with Gasteiger partial charge in [-0.2, -0.15) is 4.31 Å². The van der Waals surface area contributed by atoms with Crippen molar-refractivity contribution in [3.63, 3.8) is 0 Å². The molecule has 2 rings (SSSR count). The topological polar surface area (TPSA) is 103 Å². The highest BCUT2D eigenvalue weighted by atomic mass is 35.5. The number of rotatable bonds is 8. The number of nitrogens with two attached hydrogens (primary N) is 1. The number of carbonyl (C=O) groups is 1. The van der Waals surface area contributed by atoms with Crippen molar-refractivity contribution in [3.8, 4) is 0 Å². The Morgan fingerprint density at radius 1 is 1.15 bits per heavy atom. The smallest absolute Gasteiger partial charge is 0.342 e. The van der Waals surface area contributed by atoms with Gasteiger partial charge in [0.25, 0.3) is 0 Å². The molecule has 27 heavy (non-hydrogen) atoms. The Morgan fingerprint density at radius 2 is 1.78 bits per heavy atom. The van der Waals surface area contributed by atoms with E-state index < -0.39 is 16.0 Å². The Morgan fingerprint density at radius 3 is 2.33 bits per heavy atom. The third-order valence-electron chi connectivity index (χ3n) is 4.06. The Kier molecular flexibility index (Phi) is 8.49. The standard InChI is InChI=1S/C18H24N2O5S.ClH/c1-13-16(18(21)24-3)17(14(2)25-13)26(22,23)20(12-10-19)11-9-15-7-5-4-6-8-15;/h4-8H,9-12,19H2,1-3H3;1H. The predicted octanol–water partition coefficient (Wildman–Crippen LogP) is 2.30. The van der Waals surface area contributed by atoms with Crippen LogP contribution in [0.15, 0.2) is 39.6 Å². The van der Waals surface area contributed by atoms with E-state index in [0.717, 1.165) is 5.56 Å². The zero-order chi connectivity index (χ0) is 19.3. The fourth-order valence-corrected chi connectivity index (χ4v) is 4.66. The number of methoxy groups -OCH3 is 1. The number of aryl methyl sites for hydroxylation is 2. The Labute approximate surface area is 165 Å². The van der Waals surface area contributed by atoms with E-state index in [1.807, 2.05) is 30.3 Å². The van der Waals surface area contributed by atoms with Crippen LogP contribution in [-0.2, 0) is 21.2 Å². The lowest BCUT2D eigenvalue weighted by Crippen LogP contribution is -2.37. The summed E-state index contributed by atoms with van der Waals surface area (Å²) in [6, 6.07) is 9.56. The minimum atomic E-state index is -3.97. The SMILES string of the molecule is COC(=O)c1c(C)oc(C)c1S(=O)(=O)N(CCN)CCc1ccccc1.Cl. The molecule has 9 heteroatoms. The van der Waals surface area contributed by atoms with Crippen LogP contribution in [0.4, 0.5) is 0 Å². The molecule has 0 spiro atoms. The van der Waals surface area contributed by atoms with Crippen LogP contribution in [0.5, 0.6) is 0 Å². The molecule has 2 N–H and O–H groups in total. The maximum atomic E-state index is 13.2. The Hall–Kier alpha value is -1.87. The molecule has 0 aliphatic heterocycles. The van der Waals surface area contributed by atoms with Crippen LogP contribution in [0.1, 0.15) is 27.4 Å². The molecule has 7 nitrogen and oxygen atoms in total. The van der Waals surface area contributed by atoms with Crippen molar-refractivity contribution >= 4 is 28.4 Å². The van der Waals surface area contributed by atoms with E-state index in [0.29, 0.717) is 6.42 Å². The summed E-state index contributed by atoms with van der Waals surface area (Å²) in [4.78, 5) is 11.9. The molecule has 0 atom stereocenters. The maximum absolute atomic E-state index is 13.2. The van der Waals surface area contributed by atoms with Crippen LogP contribution >= 0.6 is 12.4 Å². The molecule has 150 valence electrons. The lowest BCUT2D eigenvalue weighted by Gasteiger charge is -2.22. The fraction of sp³-hybridized carbons (Fsp3) is 0.389. The first kappa shape index (κ1) is 23.2. The summed E-state index contributed by atoms with van der Waals surface area (Å²) in [5, 5.41) is 0. The lowest BCUT2D eigenvalue weighted by atomic mass is 10.1. The zero-order valence-corrected chi connectivity index (χ0v) is 17.2. The van der Waals surface area contributed by atoms with Crippen LogP contribution < -0.4 is 5.73 Å². The van der Waals surface area contributed by atoms with Crippen molar-refractivity contribution < 1.29 is 22.4 Å². The van der Waals surface area contributed by atoms with Gasteiger partial charge in [-0.15, -0.1) is 12.4 Å². The van der Waals surface area contributed by atoms with E-state index in [1.165, 1.54) is 25.3 Å². The molecule has 1 aromatic heterocycles. The minimum Gasteiger partial charge on any atom is -0.465 e. The van der Waals surface area contributed by atoms with Gasteiger partial charge in [-0.05, 0) is 25.8 Å². The molecule has 1 aromatic carbocycles. The molecule has 0 radical (unpaired) electrons. The first-order valence-corrected chi connectivity index (χ1v) is 9.69. The first-order chi connectivity index (χ1) is 12.3. The summed E-state index contributed by atoms with van der Waals surface area (Å²) in [6.45, 7) is 3.60. The van der Waals surface area contributed by atoms with Crippen LogP contribution in [-0.4, -0.2) is 45.4 Å². The number of carbonyl (C=O) groups excluding carboxylic acids is 1. The number of hydrogen-bond acceptors (Lipinski definition) is 6. The van der Waals surface area contributed by atoms with Crippen LogP contribution in [0.25, 0.3) is 0 Å². The van der Waals surface area contributed by atoms with Gasteiger partial charge >= 0.3 is 5.97 Å². The van der Waals surface area contributed by atoms with E-state index in [1.54, 1.807) is 0 Å². The Bertz CT molecular complexity index is 865. The highest BCUT2D eigenvalue weighted by Gasteiger charge is 2.35. The van der Waals surface area contributed by atoms with E-state index in [2.05, 4.69) is 0 Å². The molecule has 1 heterocycles. The molecule has 0 aliphatic rings. The molecular weight excluding hydrogens is 392 g/mol. The van der Waals surface area contributed by atoms with E-state index in [4.69, 9.17) is 14.9 Å². The average Bonchev–Trinajstić information content (AvgIpc) is 2.93. The molecule has 0 aliphatic carbocycles. The van der Waals surface area contributed by atoms with Crippen molar-refractivity contribution in [3.05, 3.63) is 53.0 Å². The number of furan rings is 1. The quantitative estimate of drug-likeness (QED) is 0.662. The van der Waals surface area contributed by atoms with Gasteiger partial charge in [0, 0.05) is 19.6 Å². The monoisotopic (exact) mass is 416 g/mol. The second kappa shape index (κ2) is 9.89. The predicted molar refractivity (Wildman–Crippen MR) is 105 cm³/mol. The summed E-state index contributed by atoms with van der Waals surface area (Å²) in [5.74, 6) is -0.373. The molecule has 2 aromatic rings. The van der Waals surface area contributed by atoms with Gasteiger partial charge in [-0.25, -0.2) is 13.2 Å². The summed E-state index contributed by atoms with van der Waals surface area (Å²) < 4.78 is 37.9. The second-order valence-corrected chi connectivity index (χ2v) is 7.71. The lowest BCUT2D eigenvalue weighted by molar-refractivity contribution is 0.0594. The van der Waals surface area contributed by atoms with E-state index >= 15 is 0 Å². The fourth-order valence-electron chi connectivity index (χ4n) is 2.84. The maximum Gasteiger partial charge on any atom is 0.342 e. The molecule has 0 amide bonds. The van der Waals surface area contributed by atoms with Crippen molar-refractivity contribution in [2.75, 3.05) is 26.7 Å². The largest absolute Gasteiger partial charge is 0.465 e. The highest BCUT2D eigenvalue weighted by molar-refractivity contribution is 7.89. The molecule has 0 fully saturated rings. The third-order valence-corrected chi connectivity index (χ3v) is 6.12. The number of halogens is 1. The van der Waals surface area contributed by atoms with Crippen molar-refractivity contribution in [2.45, 2.75) is 25.2 Å². The van der Waals surface area contributed by atoms with Crippen molar-refractivity contribution in [1.82, 2.24) is 4.31 Å². The summed E-state index contributed by atoms with van der Waals surface area (Å²) in [6.07, 6.45) is 0.531. The number of benzene rings is 1. The number of esters is 1. The zero-order valence-electron chi connectivity index (χ0n) is 15.6. The van der Waals surface area contributed by atoms with Gasteiger partial charge in [0.2, 0.25) is 10.0 Å². The van der Waals surface area contributed by atoms with Crippen LogP contribution in [0.2, 0.25) is 0 Å². The van der Waals surface area contributed by atoms with Gasteiger partial charge in [0.05, 0.1) is 7.11 Å². The van der Waals surface area contributed by atoms with Gasteiger partial charge in [0.15, 0.2) is 0 Å². The molecule has 0 unspecified atom stereocenters. The number of ether oxygens (including phenoxy) is 1. The van der Waals surface area contributed by atoms with E-state index in [-0.39, 0.29) is 54.0 Å². The number of sulfonamides is 1. The molecular formula is C18H25ClN2O5S. The van der Waals surface area contributed by atoms with Gasteiger partial charge in [0.1, 0.15) is 22.0 Å². The number of nitrogens with zero attached hydrogens (tertiary/aromatic N) is 1. The molecule has 0 saturated heterocycles. The average molecular weight is 417 g/mol. The summed E-state index contributed by atoms with van der Waals surface area (Å²) >= 11 is 0. The molecule has 0 saturated carbocycles. The van der Waals surface area contributed by atoms with Gasteiger partial charge in [-0.1, -0.05) is 30.3 Å². The number of hydrogen-bond donors (Lipinski definition) is 1. The first-order valence-electron chi connectivity index (χ1n) is 8.25. The van der Waals surface area contributed by atoms with Crippen LogP contribution in [0, 0.1) is 13.8 Å². The highest BCUT2D eigenvalue weighted by Crippen LogP contribution is 2.30. The van der Waals surface area contributed by atoms with Gasteiger partial charge in [-0.3, -0.25) is 0 Å². The second-order valence-electron chi connectivity index (χ2n) is 5.84. The third kappa shape index (κ3) is 5.10. The molecule has 0 bridgehead atoms. The minimum absolute atomic E-state index is 0. The van der Waals surface area contributed by atoms with Gasteiger partial charge < -0.3 is 14.9 Å². The van der Waals surface area contributed by atoms with Crippen LogP contribution in [0.3, 0.4) is 0 Å². The normalized spacial score (nSPS) is 11.3. The van der Waals surface area contributed by atoms with Crippen molar-refractivity contribution in [1.29, 1.82) is 0 Å². The van der Waals surface area contributed by atoms with E-state index in [9.17, 15) is 13.2 Å². The van der Waals surface area contributed by atoms with Crippen molar-refractivity contribution in [2.24, 2.45) is 5.73 Å². The summed E-state index contributed by atoms with van der Waals surface area (Å²) in [7, 11) is -2.77.